The van der Waals surface area contributed by atoms with Crippen LogP contribution in [0.3, 0.4) is 0 Å². The Balaban J connectivity index is 1.97. The maximum atomic E-state index is 12.1. The first-order chi connectivity index (χ1) is 9.08. The second kappa shape index (κ2) is 6.34. The van der Waals surface area contributed by atoms with Gasteiger partial charge in [0.2, 0.25) is 11.8 Å². The normalized spacial score (nSPS) is 22.2. The molecule has 1 aliphatic heterocycles. The summed E-state index contributed by atoms with van der Waals surface area (Å²) in [5.41, 5.74) is 5.32. The lowest BCUT2D eigenvalue weighted by atomic mass is 10.0. The van der Waals surface area contributed by atoms with Crippen molar-refractivity contribution in [1.29, 1.82) is 0 Å². The lowest BCUT2D eigenvalue weighted by Gasteiger charge is -2.37. The maximum absolute atomic E-state index is 12.1. The largest absolute Gasteiger partial charge is 0.369 e. The van der Waals surface area contributed by atoms with Crippen LogP contribution in [0.25, 0.3) is 0 Å². The third-order valence-corrected chi connectivity index (χ3v) is 3.92. The minimum absolute atomic E-state index is 0.0160. The minimum Gasteiger partial charge on any atom is -0.369 e. The van der Waals surface area contributed by atoms with Gasteiger partial charge in [-0.2, -0.15) is 0 Å². The molecule has 1 unspecified atom stereocenters. The number of piperidine rings is 1. The molecule has 0 spiro atoms. The monoisotopic (exact) mass is 268 g/mol. The third kappa shape index (κ3) is 4.18. The number of nitrogens with zero attached hydrogens (tertiary/aromatic N) is 1. The average Bonchev–Trinajstić information content (AvgIpc) is 3.20. The van der Waals surface area contributed by atoms with Crippen molar-refractivity contribution in [3.63, 3.8) is 0 Å². The van der Waals surface area contributed by atoms with Crippen LogP contribution in [0.5, 0.6) is 0 Å². The van der Waals surface area contributed by atoms with Gasteiger partial charge in [-0.3, -0.25) is 14.5 Å². The fourth-order valence-electron chi connectivity index (χ4n) is 2.60. The predicted molar refractivity (Wildman–Crippen MR) is 72.4 cm³/mol. The molecule has 2 amide bonds. The molecule has 1 aliphatic carbocycles. The number of nitrogens with two attached hydrogens (primary N) is 1. The van der Waals surface area contributed by atoms with Gasteiger partial charge in [0, 0.05) is 12.1 Å². The highest BCUT2D eigenvalue weighted by Crippen LogP contribution is 2.20. The zero-order chi connectivity index (χ0) is 13.8. The SMILES string of the molecule is CC(C(=O)NC1CC1)N(CC(N)=O)C1CCNCC1. The Bertz CT molecular complexity index is 338. The summed E-state index contributed by atoms with van der Waals surface area (Å²) in [7, 11) is 0. The first-order valence-corrected chi connectivity index (χ1v) is 7.13. The van der Waals surface area contributed by atoms with Crippen molar-refractivity contribution < 1.29 is 9.59 Å². The van der Waals surface area contributed by atoms with Crippen LogP contribution in [-0.4, -0.2) is 54.5 Å². The van der Waals surface area contributed by atoms with Crippen molar-refractivity contribution in [3.8, 4) is 0 Å². The predicted octanol–water partition coefficient (Wildman–Crippen LogP) is -0.807. The summed E-state index contributed by atoms with van der Waals surface area (Å²) in [4.78, 5) is 25.3. The standard InChI is InChI=1S/C13H24N4O2/c1-9(13(19)16-10-2-3-10)17(8-12(14)18)11-4-6-15-7-5-11/h9-11,15H,2-8H2,1H3,(H2,14,18)(H,16,19). The summed E-state index contributed by atoms with van der Waals surface area (Å²) in [6.45, 7) is 3.88. The van der Waals surface area contributed by atoms with E-state index in [9.17, 15) is 9.59 Å². The van der Waals surface area contributed by atoms with Gasteiger partial charge in [-0.1, -0.05) is 0 Å². The molecule has 4 N–H and O–H groups in total. The molecule has 1 saturated carbocycles. The van der Waals surface area contributed by atoms with Crippen LogP contribution >= 0.6 is 0 Å². The van der Waals surface area contributed by atoms with Gasteiger partial charge in [0.1, 0.15) is 0 Å². The molecule has 1 atom stereocenters. The molecule has 1 heterocycles. The van der Waals surface area contributed by atoms with E-state index in [2.05, 4.69) is 10.6 Å². The second-order valence-corrected chi connectivity index (χ2v) is 5.58. The summed E-state index contributed by atoms with van der Waals surface area (Å²) < 4.78 is 0. The zero-order valence-electron chi connectivity index (χ0n) is 11.5. The summed E-state index contributed by atoms with van der Waals surface area (Å²) in [5, 5.41) is 6.29. The van der Waals surface area contributed by atoms with Crippen molar-refractivity contribution in [2.24, 2.45) is 5.73 Å². The summed E-state index contributed by atoms with van der Waals surface area (Å²) in [6.07, 6.45) is 4.05. The van der Waals surface area contributed by atoms with E-state index in [0.29, 0.717) is 6.04 Å². The highest BCUT2D eigenvalue weighted by atomic mass is 16.2. The van der Waals surface area contributed by atoms with Gasteiger partial charge in [0.05, 0.1) is 12.6 Å². The van der Waals surface area contributed by atoms with Crippen LogP contribution in [-0.2, 0) is 9.59 Å². The topological polar surface area (TPSA) is 87.5 Å². The second-order valence-electron chi connectivity index (χ2n) is 5.58. The van der Waals surface area contributed by atoms with Crippen molar-refractivity contribution in [3.05, 3.63) is 0 Å². The molecule has 2 aliphatic rings. The van der Waals surface area contributed by atoms with E-state index in [0.717, 1.165) is 38.8 Å². The molecule has 0 aromatic heterocycles. The lowest BCUT2D eigenvalue weighted by Crippen LogP contribution is -2.55. The molecule has 0 radical (unpaired) electrons. The Morgan fingerprint density at radius 1 is 1.32 bits per heavy atom. The van der Waals surface area contributed by atoms with Crippen molar-refractivity contribution in [2.45, 2.75) is 50.7 Å². The van der Waals surface area contributed by atoms with Gasteiger partial charge < -0.3 is 16.4 Å². The Morgan fingerprint density at radius 3 is 2.47 bits per heavy atom. The first kappa shape index (κ1) is 14.3. The average molecular weight is 268 g/mol. The maximum Gasteiger partial charge on any atom is 0.237 e. The fourth-order valence-corrected chi connectivity index (χ4v) is 2.60. The Morgan fingerprint density at radius 2 is 1.95 bits per heavy atom. The molecule has 0 aromatic rings. The number of hydrogen-bond donors (Lipinski definition) is 3. The molecular weight excluding hydrogens is 244 g/mol. The van der Waals surface area contributed by atoms with Gasteiger partial charge in [0.15, 0.2) is 0 Å². The van der Waals surface area contributed by atoms with Crippen molar-refractivity contribution >= 4 is 11.8 Å². The lowest BCUT2D eigenvalue weighted by molar-refractivity contribution is -0.129. The van der Waals surface area contributed by atoms with E-state index in [1.165, 1.54) is 0 Å². The van der Waals surface area contributed by atoms with E-state index in [-0.39, 0.29) is 30.4 Å². The molecule has 6 heteroatoms. The molecule has 108 valence electrons. The van der Waals surface area contributed by atoms with Crippen LogP contribution in [0.15, 0.2) is 0 Å². The minimum atomic E-state index is -0.371. The summed E-state index contributed by atoms with van der Waals surface area (Å²) >= 11 is 0. The van der Waals surface area contributed by atoms with E-state index in [1.807, 2.05) is 11.8 Å². The Hall–Kier alpha value is -1.14. The van der Waals surface area contributed by atoms with Crippen LogP contribution in [0, 0.1) is 0 Å². The molecule has 0 bridgehead atoms. The zero-order valence-corrected chi connectivity index (χ0v) is 11.5. The van der Waals surface area contributed by atoms with E-state index >= 15 is 0 Å². The molecule has 2 fully saturated rings. The molecule has 2 rings (SSSR count). The molecule has 1 saturated heterocycles. The van der Waals surface area contributed by atoms with Gasteiger partial charge >= 0.3 is 0 Å². The van der Waals surface area contributed by atoms with E-state index in [1.54, 1.807) is 0 Å². The smallest absolute Gasteiger partial charge is 0.237 e. The molecular formula is C13H24N4O2. The summed E-state index contributed by atoms with van der Waals surface area (Å²) in [5.74, 6) is -0.355. The number of primary amides is 1. The molecule has 6 nitrogen and oxygen atoms in total. The van der Waals surface area contributed by atoms with E-state index in [4.69, 9.17) is 5.73 Å². The fraction of sp³-hybridized carbons (Fsp3) is 0.846. The van der Waals surface area contributed by atoms with Crippen LogP contribution in [0.4, 0.5) is 0 Å². The van der Waals surface area contributed by atoms with Crippen molar-refractivity contribution in [2.75, 3.05) is 19.6 Å². The quantitative estimate of drug-likeness (QED) is 0.588. The summed E-state index contributed by atoms with van der Waals surface area (Å²) in [6, 6.07) is 0.309. The number of carbonyl (C=O) groups is 2. The van der Waals surface area contributed by atoms with Gasteiger partial charge in [0.25, 0.3) is 0 Å². The number of carbonyl (C=O) groups excluding carboxylic acids is 2. The molecule has 19 heavy (non-hydrogen) atoms. The van der Waals surface area contributed by atoms with Crippen LogP contribution in [0.2, 0.25) is 0 Å². The van der Waals surface area contributed by atoms with Gasteiger partial charge in [-0.05, 0) is 45.7 Å². The number of rotatable bonds is 6. The Kier molecular flexibility index (Phi) is 4.76. The van der Waals surface area contributed by atoms with Crippen molar-refractivity contribution in [1.82, 2.24) is 15.5 Å². The van der Waals surface area contributed by atoms with Crippen LogP contribution in [0.1, 0.15) is 32.6 Å². The first-order valence-electron chi connectivity index (χ1n) is 7.13. The number of nitrogens with one attached hydrogen (secondary N) is 2. The number of amides is 2. The third-order valence-electron chi connectivity index (χ3n) is 3.92. The van der Waals surface area contributed by atoms with Gasteiger partial charge in [-0.15, -0.1) is 0 Å². The highest BCUT2D eigenvalue weighted by Gasteiger charge is 2.32. The number of hydrogen-bond acceptors (Lipinski definition) is 4. The van der Waals surface area contributed by atoms with E-state index < -0.39 is 0 Å². The molecule has 0 aromatic carbocycles. The Labute approximate surface area is 114 Å². The highest BCUT2D eigenvalue weighted by molar-refractivity contribution is 5.83. The van der Waals surface area contributed by atoms with Crippen LogP contribution < -0.4 is 16.4 Å². The van der Waals surface area contributed by atoms with Gasteiger partial charge in [-0.25, -0.2) is 0 Å².